The molecule has 30 heavy (non-hydrogen) atoms. The Balaban J connectivity index is 1.41. The monoisotopic (exact) mass is 470 g/mol. The van der Waals surface area contributed by atoms with Crippen LogP contribution in [-0.2, 0) is 21.4 Å². The Morgan fingerprint density at radius 3 is 2.47 bits per heavy atom. The van der Waals surface area contributed by atoms with Crippen LogP contribution >= 0.6 is 23.2 Å². The molecule has 1 N–H and O–H groups in total. The fourth-order valence-electron chi connectivity index (χ4n) is 3.16. The molecule has 3 rings (SSSR count). The van der Waals surface area contributed by atoms with Crippen LogP contribution in [0.2, 0.25) is 10.0 Å². The summed E-state index contributed by atoms with van der Waals surface area (Å²) in [6.45, 7) is 1.83. The third-order valence-electron chi connectivity index (χ3n) is 4.84. The van der Waals surface area contributed by atoms with Gasteiger partial charge in [-0.25, -0.2) is 8.42 Å². The Kier molecular flexibility index (Phi) is 7.99. The Hall–Kier alpha value is -1.80. The van der Waals surface area contributed by atoms with Crippen LogP contribution in [0.1, 0.15) is 31.2 Å². The van der Waals surface area contributed by atoms with Crippen LogP contribution in [0, 0.1) is 0 Å². The number of nitrogens with zero attached hydrogens (tertiary/aromatic N) is 1. The van der Waals surface area contributed by atoms with E-state index in [9.17, 15) is 13.2 Å². The first-order chi connectivity index (χ1) is 14.4. The molecule has 0 radical (unpaired) electrons. The number of carbonyl (C=O) groups excluding carboxylic acids is 1. The lowest BCUT2D eigenvalue weighted by Crippen LogP contribution is -2.28. The van der Waals surface area contributed by atoms with E-state index in [0.717, 1.165) is 18.4 Å². The highest BCUT2D eigenvalue weighted by Gasteiger charge is 2.26. The van der Waals surface area contributed by atoms with E-state index in [1.165, 1.54) is 4.31 Å². The zero-order valence-electron chi connectivity index (χ0n) is 16.4. The van der Waals surface area contributed by atoms with Crippen molar-refractivity contribution < 1.29 is 17.9 Å². The summed E-state index contributed by atoms with van der Waals surface area (Å²) in [5.74, 6) is 0.387. The van der Waals surface area contributed by atoms with Crippen molar-refractivity contribution in [3.8, 4) is 5.75 Å². The molecule has 1 saturated heterocycles. The predicted octanol–water partition coefficient (Wildman–Crippen LogP) is 4.25. The Labute approximate surface area is 187 Å². The molecule has 0 saturated carbocycles. The summed E-state index contributed by atoms with van der Waals surface area (Å²) in [5.41, 5.74) is 0.839. The zero-order chi connectivity index (χ0) is 21.6. The van der Waals surface area contributed by atoms with E-state index in [1.54, 1.807) is 42.5 Å². The summed E-state index contributed by atoms with van der Waals surface area (Å²) in [7, 11) is -3.42. The van der Waals surface area contributed by atoms with Crippen molar-refractivity contribution in [1.82, 2.24) is 9.62 Å². The second kappa shape index (κ2) is 10.5. The number of benzene rings is 2. The second-order valence-electron chi connectivity index (χ2n) is 7.04. The summed E-state index contributed by atoms with van der Waals surface area (Å²) < 4.78 is 32.1. The molecule has 1 aliphatic heterocycles. The van der Waals surface area contributed by atoms with Crippen LogP contribution in [0.15, 0.2) is 47.4 Å². The van der Waals surface area contributed by atoms with Gasteiger partial charge in [-0.15, -0.1) is 0 Å². The third kappa shape index (κ3) is 5.88. The summed E-state index contributed by atoms with van der Waals surface area (Å²) in [4.78, 5) is 12.3. The number of amides is 1. The van der Waals surface area contributed by atoms with Gasteiger partial charge in [-0.1, -0.05) is 41.4 Å². The van der Waals surface area contributed by atoms with Crippen molar-refractivity contribution in [3.05, 3.63) is 58.1 Å². The molecular formula is C21H24Cl2N2O4S. The standard InChI is InChI=1S/C21H24Cl2N2O4S/c22-18-5-3-6-19(21(18)23)29-14-4-7-20(26)24-15-16-8-10-17(11-9-16)30(27,28)25-12-1-2-13-25/h3,5-6,8-11H,1-2,4,7,12-15H2,(H,24,26). The number of hydrogen-bond acceptors (Lipinski definition) is 4. The summed E-state index contributed by atoms with van der Waals surface area (Å²) in [6, 6.07) is 11.8. The molecule has 1 fully saturated rings. The normalized spacial score (nSPS) is 14.6. The van der Waals surface area contributed by atoms with E-state index < -0.39 is 10.0 Å². The predicted molar refractivity (Wildman–Crippen MR) is 117 cm³/mol. The number of halogens is 2. The molecule has 162 valence electrons. The lowest BCUT2D eigenvalue weighted by molar-refractivity contribution is -0.121. The van der Waals surface area contributed by atoms with Gasteiger partial charge in [0, 0.05) is 26.1 Å². The van der Waals surface area contributed by atoms with Crippen molar-refractivity contribution in [2.24, 2.45) is 0 Å². The SMILES string of the molecule is O=C(CCCOc1cccc(Cl)c1Cl)NCc1ccc(S(=O)(=O)N2CCCC2)cc1. The van der Waals surface area contributed by atoms with Gasteiger partial charge >= 0.3 is 0 Å². The number of hydrogen-bond donors (Lipinski definition) is 1. The molecule has 9 heteroatoms. The van der Waals surface area contributed by atoms with Gasteiger partial charge in [0.05, 0.1) is 16.5 Å². The molecule has 0 atom stereocenters. The summed E-state index contributed by atoms with van der Waals surface area (Å²) >= 11 is 12.0. The Morgan fingerprint density at radius 2 is 1.77 bits per heavy atom. The van der Waals surface area contributed by atoms with Crippen LogP contribution in [0.4, 0.5) is 0 Å². The van der Waals surface area contributed by atoms with E-state index >= 15 is 0 Å². The molecule has 0 bridgehead atoms. The molecule has 0 spiro atoms. The lowest BCUT2D eigenvalue weighted by Gasteiger charge is -2.15. The number of ether oxygens (including phenoxy) is 1. The van der Waals surface area contributed by atoms with Gasteiger partial charge in [0.2, 0.25) is 15.9 Å². The minimum atomic E-state index is -3.42. The minimum absolute atomic E-state index is 0.107. The fourth-order valence-corrected chi connectivity index (χ4v) is 5.02. The van der Waals surface area contributed by atoms with Gasteiger partial charge in [-0.05, 0) is 49.1 Å². The highest BCUT2D eigenvalue weighted by molar-refractivity contribution is 7.89. The topological polar surface area (TPSA) is 75.7 Å². The van der Waals surface area contributed by atoms with E-state index in [-0.39, 0.29) is 10.8 Å². The average molecular weight is 471 g/mol. The summed E-state index contributed by atoms with van der Waals surface area (Å²) in [5, 5.41) is 3.61. The first-order valence-electron chi connectivity index (χ1n) is 9.80. The molecular weight excluding hydrogens is 447 g/mol. The van der Waals surface area contributed by atoms with Crippen molar-refractivity contribution >= 4 is 39.1 Å². The largest absolute Gasteiger partial charge is 0.492 e. The first-order valence-corrected chi connectivity index (χ1v) is 12.0. The molecule has 6 nitrogen and oxygen atoms in total. The smallest absolute Gasteiger partial charge is 0.243 e. The van der Waals surface area contributed by atoms with Crippen LogP contribution in [0.3, 0.4) is 0 Å². The van der Waals surface area contributed by atoms with Crippen LogP contribution in [0.5, 0.6) is 5.75 Å². The quantitative estimate of drug-likeness (QED) is 0.555. The highest BCUT2D eigenvalue weighted by Crippen LogP contribution is 2.31. The van der Waals surface area contributed by atoms with Crippen molar-refractivity contribution in [1.29, 1.82) is 0 Å². The van der Waals surface area contributed by atoms with E-state index in [4.69, 9.17) is 27.9 Å². The number of sulfonamides is 1. The lowest BCUT2D eigenvalue weighted by atomic mass is 10.2. The van der Waals surface area contributed by atoms with Crippen molar-refractivity contribution in [2.45, 2.75) is 37.1 Å². The Morgan fingerprint density at radius 1 is 1.07 bits per heavy atom. The number of nitrogens with one attached hydrogen (secondary N) is 1. The molecule has 1 heterocycles. The van der Waals surface area contributed by atoms with Gasteiger partial charge in [0.25, 0.3) is 0 Å². The molecule has 0 aliphatic carbocycles. The Bertz CT molecular complexity index is 975. The zero-order valence-corrected chi connectivity index (χ0v) is 18.8. The molecule has 1 aliphatic rings. The molecule has 2 aromatic rings. The van der Waals surface area contributed by atoms with E-state index in [1.807, 2.05) is 0 Å². The minimum Gasteiger partial charge on any atom is -0.492 e. The maximum absolute atomic E-state index is 12.5. The molecule has 0 unspecified atom stereocenters. The molecule has 1 amide bonds. The average Bonchev–Trinajstić information content (AvgIpc) is 3.29. The maximum Gasteiger partial charge on any atom is 0.243 e. The first kappa shape index (κ1) is 22.9. The van der Waals surface area contributed by atoms with Gasteiger partial charge < -0.3 is 10.1 Å². The molecule has 0 aromatic heterocycles. The van der Waals surface area contributed by atoms with Gasteiger partial charge in [0.1, 0.15) is 10.8 Å². The fraction of sp³-hybridized carbons (Fsp3) is 0.381. The van der Waals surface area contributed by atoms with Crippen LogP contribution < -0.4 is 10.1 Å². The van der Waals surface area contributed by atoms with Gasteiger partial charge in [-0.2, -0.15) is 4.31 Å². The van der Waals surface area contributed by atoms with E-state index in [0.29, 0.717) is 54.9 Å². The second-order valence-corrected chi connectivity index (χ2v) is 9.76. The third-order valence-corrected chi connectivity index (χ3v) is 7.55. The highest BCUT2D eigenvalue weighted by atomic mass is 35.5. The van der Waals surface area contributed by atoms with Crippen LogP contribution in [-0.4, -0.2) is 38.3 Å². The van der Waals surface area contributed by atoms with E-state index in [2.05, 4.69) is 5.32 Å². The molecule has 2 aromatic carbocycles. The van der Waals surface area contributed by atoms with Crippen molar-refractivity contribution in [3.63, 3.8) is 0 Å². The van der Waals surface area contributed by atoms with Crippen molar-refractivity contribution in [2.75, 3.05) is 19.7 Å². The van der Waals surface area contributed by atoms with Gasteiger partial charge in [0.15, 0.2) is 0 Å². The number of rotatable bonds is 9. The summed E-state index contributed by atoms with van der Waals surface area (Å²) in [6.07, 6.45) is 2.64. The maximum atomic E-state index is 12.5. The number of carbonyl (C=O) groups is 1. The van der Waals surface area contributed by atoms with Crippen LogP contribution in [0.25, 0.3) is 0 Å². The van der Waals surface area contributed by atoms with Gasteiger partial charge in [-0.3, -0.25) is 4.79 Å².